The number of aromatic amines is 1. The number of hydrogen-bond donors (Lipinski definition) is 1. The van der Waals surface area contributed by atoms with E-state index in [0.717, 1.165) is 16.5 Å². The molecule has 124 valence electrons. The number of nitrogens with one attached hydrogen (secondary N) is 1. The molecule has 3 aromatic rings. The number of nitrogens with zero attached hydrogens (tertiary/aromatic N) is 1. The van der Waals surface area contributed by atoms with Crippen LogP contribution in [0.5, 0.6) is 0 Å². The summed E-state index contributed by atoms with van der Waals surface area (Å²) in [5, 5.41) is 1.15. The summed E-state index contributed by atoms with van der Waals surface area (Å²) in [6.07, 6.45) is 2.59. The first kappa shape index (κ1) is 16.3. The molecule has 24 heavy (non-hydrogen) atoms. The lowest BCUT2D eigenvalue weighted by Gasteiger charge is -2.26. The van der Waals surface area contributed by atoms with Gasteiger partial charge in [-0.3, -0.25) is 9.69 Å². The predicted molar refractivity (Wildman–Crippen MR) is 95.7 cm³/mol. The SMILES string of the molecule is COC(=O)C(Cc1c[nH]c2ccccc12)N(C)Cc1ccccc1. The van der Waals surface area contributed by atoms with E-state index in [4.69, 9.17) is 4.74 Å². The van der Waals surface area contributed by atoms with Crippen molar-refractivity contribution < 1.29 is 9.53 Å². The van der Waals surface area contributed by atoms with E-state index in [0.29, 0.717) is 13.0 Å². The van der Waals surface area contributed by atoms with Gasteiger partial charge in [-0.1, -0.05) is 48.5 Å². The summed E-state index contributed by atoms with van der Waals surface area (Å²) in [6.45, 7) is 0.697. The minimum Gasteiger partial charge on any atom is -0.468 e. The quantitative estimate of drug-likeness (QED) is 0.708. The molecule has 1 aromatic heterocycles. The van der Waals surface area contributed by atoms with E-state index in [2.05, 4.69) is 23.2 Å². The normalized spacial score (nSPS) is 12.5. The largest absolute Gasteiger partial charge is 0.468 e. The third kappa shape index (κ3) is 3.49. The molecular formula is C20H22N2O2. The maximum absolute atomic E-state index is 12.3. The summed E-state index contributed by atoms with van der Waals surface area (Å²) in [4.78, 5) is 17.6. The third-order valence-electron chi connectivity index (χ3n) is 4.37. The minimum absolute atomic E-state index is 0.210. The molecule has 0 radical (unpaired) electrons. The Labute approximate surface area is 142 Å². The number of carbonyl (C=O) groups excluding carboxylic acids is 1. The Bertz CT molecular complexity index is 811. The molecule has 1 unspecified atom stereocenters. The average molecular weight is 322 g/mol. The molecule has 0 amide bonds. The number of rotatable bonds is 6. The van der Waals surface area contributed by atoms with Crippen molar-refractivity contribution in [1.29, 1.82) is 0 Å². The first-order valence-electron chi connectivity index (χ1n) is 8.06. The molecule has 4 nitrogen and oxygen atoms in total. The zero-order chi connectivity index (χ0) is 16.9. The summed E-state index contributed by atoms with van der Waals surface area (Å²) in [5.41, 5.74) is 3.38. The van der Waals surface area contributed by atoms with Gasteiger partial charge < -0.3 is 9.72 Å². The topological polar surface area (TPSA) is 45.3 Å². The summed E-state index contributed by atoms with van der Waals surface area (Å²) in [6, 6.07) is 18.0. The van der Waals surface area contributed by atoms with Gasteiger partial charge in [-0.25, -0.2) is 0 Å². The van der Waals surface area contributed by atoms with Gasteiger partial charge >= 0.3 is 5.97 Å². The second-order valence-electron chi connectivity index (χ2n) is 6.00. The third-order valence-corrected chi connectivity index (χ3v) is 4.37. The van der Waals surface area contributed by atoms with Crippen LogP contribution in [0.2, 0.25) is 0 Å². The number of hydrogen-bond acceptors (Lipinski definition) is 3. The van der Waals surface area contributed by atoms with E-state index in [-0.39, 0.29) is 12.0 Å². The number of benzene rings is 2. The fraction of sp³-hybridized carbons (Fsp3) is 0.250. The average Bonchev–Trinajstić information content (AvgIpc) is 3.03. The molecule has 0 aliphatic carbocycles. The van der Waals surface area contributed by atoms with Gasteiger partial charge in [0.05, 0.1) is 7.11 Å². The molecular weight excluding hydrogens is 300 g/mol. The van der Waals surface area contributed by atoms with Crippen LogP contribution in [0.25, 0.3) is 10.9 Å². The molecule has 3 rings (SSSR count). The standard InChI is InChI=1S/C20H22N2O2/c1-22(14-15-8-4-3-5-9-15)19(20(23)24-2)12-16-13-21-18-11-7-6-10-17(16)18/h3-11,13,19,21H,12,14H2,1-2H3. The fourth-order valence-electron chi connectivity index (χ4n) is 3.05. The zero-order valence-corrected chi connectivity index (χ0v) is 14.0. The van der Waals surface area contributed by atoms with Crippen LogP contribution in [-0.2, 0) is 22.5 Å². The van der Waals surface area contributed by atoms with Gasteiger partial charge in [-0.15, -0.1) is 0 Å². The first-order valence-corrected chi connectivity index (χ1v) is 8.06. The number of likely N-dealkylation sites (N-methyl/N-ethyl adjacent to an activating group) is 1. The summed E-state index contributed by atoms with van der Waals surface area (Å²) < 4.78 is 5.04. The molecule has 0 fully saturated rings. The smallest absolute Gasteiger partial charge is 0.323 e. The molecule has 0 aliphatic heterocycles. The Morgan fingerprint density at radius 1 is 1.12 bits per heavy atom. The van der Waals surface area contributed by atoms with Crippen LogP contribution < -0.4 is 0 Å². The minimum atomic E-state index is -0.325. The molecule has 0 saturated carbocycles. The fourth-order valence-corrected chi connectivity index (χ4v) is 3.05. The molecule has 1 atom stereocenters. The van der Waals surface area contributed by atoms with Crippen LogP contribution >= 0.6 is 0 Å². The van der Waals surface area contributed by atoms with E-state index < -0.39 is 0 Å². The number of para-hydroxylation sites is 1. The van der Waals surface area contributed by atoms with Gasteiger partial charge in [-0.2, -0.15) is 0 Å². The van der Waals surface area contributed by atoms with Crippen LogP contribution in [0.1, 0.15) is 11.1 Å². The Hall–Kier alpha value is -2.59. The first-order chi connectivity index (χ1) is 11.7. The van der Waals surface area contributed by atoms with Crippen LogP contribution in [0.3, 0.4) is 0 Å². The molecule has 0 aliphatic rings. The highest BCUT2D eigenvalue weighted by molar-refractivity contribution is 5.84. The van der Waals surface area contributed by atoms with Crippen molar-refractivity contribution in [1.82, 2.24) is 9.88 Å². The van der Waals surface area contributed by atoms with Crippen LogP contribution in [-0.4, -0.2) is 36.1 Å². The van der Waals surface area contributed by atoms with E-state index in [1.807, 2.05) is 54.5 Å². The number of carbonyl (C=O) groups is 1. The lowest BCUT2D eigenvalue weighted by Crippen LogP contribution is -2.40. The maximum Gasteiger partial charge on any atom is 0.323 e. The molecule has 1 heterocycles. The van der Waals surface area contributed by atoms with Crippen LogP contribution in [0.4, 0.5) is 0 Å². The number of methoxy groups -OCH3 is 1. The second kappa shape index (κ2) is 7.32. The van der Waals surface area contributed by atoms with Gasteiger partial charge in [0, 0.05) is 30.1 Å². The van der Waals surface area contributed by atoms with Crippen LogP contribution in [0.15, 0.2) is 60.8 Å². The van der Waals surface area contributed by atoms with Crippen molar-refractivity contribution in [3.8, 4) is 0 Å². The predicted octanol–water partition coefficient (Wildman–Crippen LogP) is 3.38. The van der Waals surface area contributed by atoms with Crippen molar-refractivity contribution in [2.45, 2.75) is 19.0 Å². The molecule has 0 spiro atoms. The highest BCUT2D eigenvalue weighted by Crippen LogP contribution is 2.21. The molecule has 2 aromatic carbocycles. The van der Waals surface area contributed by atoms with Crippen molar-refractivity contribution in [3.05, 3.63) is 71.9 Å². The monoisotopic (exact) mass is 322 g/mol. The Balaban J connectivity index is 1.82. The summed E-state index contributed by atoms with van der Waals surface area (Å²) in [5.74, 6) is -0.210. The number of ether oxygens (including phenoxy) is 1. The number of fused-ring (bicyclic) bond motifs is 1. The Morgan fingerprint density at radius 3 is 2.58 bits per heavy atom. The van der Waals surface area contributed by atoms with E-state index in [1.165, 1.54) is 12.7 Å². The zero-order valence-electron chi connectivity index (χ0n) is 14.0. The van der Waals surface area contributed by atoms with Crippen molar-refractivity contribution in [2.24, 2.45) is 0 Å². The van der Waals surface area contributed by atoms with Gasteiger partial charge in [0.15, 0.2) is 0 Å². The lowest BCUT2D eigenvalue weighted by molar-refractivity contribution is -0.146. The van der Waals surface area contributed by atoms with E-state index >= 15 is 0 Å². The van der Waals surface area contributed by atoms with Crippen molar-refractivity contribution >= 4 is 16.9 Å². The van der Waals surface area contributed by atoms with Gasteiger partial charge in [0.1, 0.15) is 6.04 Å². The molecule has 0 bridgehead atoms. The molecule has 4 heteroatoms. The maximum atomic E-state index is 12.3. The van der Waals surface area contributed by atoms with E-state index in [9.17, 15) is 4.79 Å². The van der Waals surface area contributed by atoms with Gasteiger partial charge in [0.25, 0.3) is 0 Å². The number of H-pyrrole nitrogens is 1. The van der Waals surface area contributed by atoms with E-state index in [1.54, 1.807) is 0 Å². The molecule has 0 saturated heterocycles. The number of aromatic nitrogens is 1. The Kier molecular flexibility index (Phi) is 4.96. The van der Waals surface area contributed by atoms with Crippen LogP contribution in [0, 0.1) is 0 Å². The second-order valence-corrected chi connectivity index (χ2v) is 6.00. The molecule has 1 N–H and O–H groups in total. The van der Waals surface area contributed by atoms with Crippen molar-refractivity contribution in [3.63, 3.8) is 0 Å². The highest BCUT2D eigenvalue weighted by Gasteiger charge is 2.25. The Morgan fingerprint density at radius 2 is 1.83 bits per heavy atom. The number of esters is 1. The van der Waals surface area contributed by atoms with Gasteiger partial charge in [-0.05, 0) is 24.2 Å². The summed E-state index contributed by atoms with van der Waals surface area (Å²) >= 11 is 0. The van der Waals surface area contributed by atoms with Crippen molar-refractivity contribution in [2.75, 3.05) is 14.2 Å². The summed E-state index contributed by atoms with van der Waals surface area (Å²) in [7, 11) is 3.41. The highest BCUT2D eigenvalue weighted by atomic mass is 16.5. The lowest BCUT2D eigenvalue weighted by atomic mass is 10.0. The van der Waals surface area contributed by atoms with Gasteiger partial charge in [0.2, 0.25) is 0 Å².